The molecule has 1 aliphatic heterocycles. The van der Waals surface area contributed by atoms with Crippen molar-refractivity contribution < 1.29 is 0 Å². The fourth-order valence-corrected chi connectivity index (χ4v) is 2.57. The highest BCUT2D eigenvalue weighted by Gasteiger charge is 2.24. The fraction of sp³-hybridized carbons (Fsp3) is 0.462. The molecule has 2 N–H and O–H groups in total. The standard InChI is InChI=1S/C13H17N5/c1-9-6-10(14)8-18(7-9)13-15-11-4-2-3-5-12(11)16-17-13/h2-5,9-10H,6-8,14H2,1H3. The number of anilines is 1. The minimum Gasteiger partial charge on any atom is -0.338 e. The first-order valence-corrected chi connectivity index (χ1v) is 6.32. The van der Waals surface area contributed by atoms with E-state index in [1.807, 2.05) is 24.3 Å². The summed E-state index contributed by atoms with van der Waals surface area (Å²) >= 11 is 0. The van der Waals surface area contributed by atoms with Crippen LogP contribution >= 0.6 is 0 Å². The van der Waals surface area contributed by atoms with Crippen molar-refractivity contribution in [1.29, 1.82) is 0 Å². The summed E-state index contributed by atoms with van der Waals surface area (Å²) in [6, 6.07) is 7.98. The van der Waals surface area contributed by atoms with Gasteiger partial charge in [0.25, 0.3) is 0 Å². The summed E-state index contributed by atoms with van der Waals surface area (Å²) in [5.74, 6) is 1.26. The Kier molecular flexibility index (Phi) is 2.83. The second-order valence-corrected chi connectivity index (χ2v) is 5.11. The topological polar surface area (TPSA) is 67.9 Å². The van der Waals surface area contributed by atoms with Gasteiger partial charge >= 0.3 is 0 Å². The van der Waals surface area contributed by atoms with Gasteiger partial charge in [0, 0.05) is 19.1 Å². The van der Waals surface area contributed by atoms with E-state index in [4.69, 9.17) is 5.73 Å². The SMILES string of the molecule is CC1CC(N)CN(c2nnc3ccccc3n2)C1. The molecule has 0 radical (unpaired) electrons. The van der Waals surface area contributed by atoms with Gasteiger partial charge in [-0.05, 0) is 24.5 Å². The minimum atomic E-state index is 0.198. The molecule has 94 valence electrons. The Balaban J connectivity index is 1.93. The average molecular weight is 243 g/mol. The number of hydrogen-bond acceptors (Lipinski definition) is 5. The predicted molar refractivity (Wildman–Crippen MR) is 71.3 cm³/mol. The maximum atomic E-state index is 6.05. The number of para-hydroxylation sites is 1. The molecule has 5 nitrogen and oxygen atoms in total. The van der Waals surface area contributed by atoms with Crippen LogP contribution in [0, 0.1) is 5.92 Å². The molecular formula is C13H17N5. The molecule has 18 heavy (non-hydrogen) atoms. The lowest BCUT2D eigenvalue weighted by molar-refractivity contribution is 0.397. The summed E-state index contributed by atoms with van der Waals surface area (Å²) in [6.45, 7) is 3.97. The first kappa shape index (κ1) is 11.3. The molecule has 2 aromatic rings. The first-order valence-electron chi connectivity index (χ1n) is 6.32. The third-order valence-electron chi connectivity index (χ3n) is 3.32. The summed E-state index contributed by atoms with van der Waals surface area (Å²) in [5, 5.41) is 8.42. The quantitative estimate of drug-likeness (QED) is 0.815. The highest BCUT2D eigenvalue weighted by Crippen LogP contribution is 2.20. The van der Waals surface area contributed by atoms with Crippen LogP contribution in [0.4, 0.5) is 5.95 Å². The summed E-state index contributed by atoms with van der Waals surface area (Å²) in [7, 11) is 0. The number of nitrogens with zero attached hydrogens (tertiary/aromatic N) is 4. The second kappa shape index (κ2) is 4.49. The van der Waals surface area contributed by atoms with Crippen LogP contribution < -0.4 is 10.6 Å². The number of fused-ring (bicyclic) bond motifs is 1. The molecular weight excluding hydrogens is 226 g/mol. The van der Waals surface area contributed by atoms with Gasteiger partial charge in [-0.15, -0.1) is 10.2 Å². The van der Waals surface area contributed by atoms with Gasteiger partial charge < -0.3 is 10.6 Å². The van der Waals surface area contributed by atoms with E-state index < -0.39 is 0 Å². The second-order valence-electron chi connectivity index (χ2n) is 5.11. The van der Waals surface area contributed by atoms with Crippen LogP contribution in [0.3, 0.4) is 0 Å². The lowest BCUT2D eigenvalue weighted by Crippen LogP contribution is -2.47. The number of benzene rings is 1. The van der Waals surface area contributed by atoms with Crippen molar-refractivity contribution in [3.05, 3.63) is 24.3 Å². The molecule has 2 unspecified atom stereocenters. The average Bonchev–Trinajstić information content (AvgIpc) is 2.37. The van der Waals surface area contributed by atoms with Crippen LogP contribution in [0.5, 0.6) is 0 Å². The van der Waals surface area contributed by atoms with Crippen LogP contribution in [0.25, 0.3) is 11.0 Å². The van der Waals surface area contributed by atoms with E-state index in [9.17, 15) is 0 Å². The predicted octanol–water partition coefficient (Wildman–Crippen LogP) is 1.20. The zero-order valence-electron chi connectivity index (χ0n) is 10.5. The van der Waals surface area contributed by atoms with Crippen LogP contribution in [0.2, 0.25) is 0 Å². The Bertz CT molecular complexity index is 546. The highest BCUT2D eigenvalue weighted by molar-refractivity contribution is 5.74. The van der Waals surface area contributed by atoms with E-state index >= 15 is 0 Å². The number of aromatic nitrogens is 3. The molecule has 0 saturated carbocycles. The Hall–Kier alpha value is -1.75. The van der Waals surface area contributed by atoms with Gasteiger partial charge in [0.05, 0.1) is 5.52 Å². The van der Waals surface area contributed by atoms with Crippen molar-refractivity contribution in [2.45, 2.75) is 19.4 Å². The van der Waals surface area contributed by atoms with Crippen LogP contribution in [0.15, 0.2) is 24.3 Å². The molecule has 1 aromatic carbocycles. The molecule has 1 fully saturated rings. The van der Waals surface area contributed by atoms with Gasteiger partial charge in [-0.1, -0.05) is 19.1 Å². The molecule has 1 aliphatic rings. The molecule has 1 aromatic heterocycles. The number of nitrogens with two attached hydrogens (primary N) is 1. The molecule has 0 bridgehead atoms. The zero-order valence-corrected chi connectivity index (χ0v) is 10.5. The Morgan fingerprint density at radius 1 is 1.17 bits per heavy atom. The highest BCUT2D eigenvalue weighted by atomic mass is 15.3. The molecule has 2 heterocycles. The summed E-state index contributed by atoms with van der Waals surface area (Å²) < 4.78 is 0. The van der Waals surface area contributed by atoms with Crippen LogP contribution in [-0.4, -0.2) is 34.3 Å². The summed E-state index contributed by atoms with van der Waals surface area (Å²) in [4.78, 5) is 6.70. The van der Waals surface area contributed by atoms with Gasteiger partial charge in [0.2, 0.25) is 5.95 Å². The molecule has 3 rings (SSSR count). The lowest BCUT2D eigenvalue weighted by Gasteiger charge is -2.34. The molecule has 0 aliphatic carbocycles. The van der Waals surface area contributed by atoms with E-state index in [-0.39, 0.29) is 6.04 Å². The number of hydrogen-bond donors (Lipinski definition) is 1. The number of piperidine rings is 1. The molecule has 5 heteroatoms. The van der Waals surface area contributed by atoms with Crippen molar-refractivity contribution in [3.8, 4) is 0 Å². The third-order valence-corrected chi connectivity index (χ3v) is 3.32. The molecule has 1 saturated heterocycles. The van der Waals surface area contributed by atoms with Crippen molar-refractivity contribution in [3.63, 3.8) is 0 Å². The Labute approximate surface area is 106 Å². The maximum absolute atomic E-state index is 6.05. The van der Waals surface area contributed by atoms with E-state index in [2.05, 4.69) is 27.0 Å². The van der Waals surface area contributed by atoms with Crippen molar-refractivity contribution >= 4 is 17.0 Å². The minimum absolute atomic E-state index is 0.198. The smallest absolute Gasteiger partial charge is 0.245 e. The van der Waals surface area contributed by atoms with Gasteiger partial charge in [-0.25, -0.2) is 4.98 Å². The van der Waals surface area contributed by atoms with Gasteiger partial charge in [0.1, 0.15) is 5.52 Å². The summed E-state index contributed by atoms with van der Waals surface area (Å²) in [5.41, 5.74) is 7.76. The Morgan fingerprint density at radius 3 is 2.72 bits per heavy atom. The van der Waals surface area contributed by atoms with Gasteiger partial charge in [-0.2, -0.15) is 0 Å². The van der Waals surface area contributed by atoms with Crippen molar-refractivity contribution in [1.82, 2.24) is 15.2 Å². The molecule has 0 spiro atoms. The monoisotopic (exact) mass is 243 g/mol. The van der Waals surface area contributed by atoms with E-state index in [0.29, 0.717) is 11.9 Å². The van der Waals surface area contributed by atoms with Crippen molar-refractivity contribution in [2.75, 3.05) is 18.0 Å². The third kappa shape index (κ3) is 2.13. The molecule has 2 atom stereocenters. The number of rotatable bonds is 1. The lowest BCUT2D eigenvalue weighted by atomic mass is 9.97. The van der Waals surface area contributed by atoms with E-state index in [1.165, 1.54) is 0 Å². The summed E-state index contributed by atoms with van der Waals surface area (Å²) in [6.07, 6.45) is 1.07. The van der Waals surface area contributed by atoms with E-state index in [1.54, 1.807) is 0 Å². The normalized spacial score (nSPS) is 24.4. The van der Waals surface area contributed by atoms with Crippen molar-refractivity contribution in [2.24, 2.45) is 11.7 Å². The first-order chi connectivity index (χ1) is 8.72. The van der Waals surface area contributed by atoms with Crippen LogP contribution in [0.1, 0.15) is 13.3 Å². The largest absolute Gasteiger partial charge is 0.338 e. The van der Waals surface area contributed by atoms with Gasteiger partial charge in [-0.3, -0.25) is 0 Å². The fourth-order valence-electron chi connectivity index (χ4n) is 2.57. The van der Waals surface area contributed by atoms with Gasteiger partial charge in [0.15, 0.2) is 0 Å². The molecule has 0 amide bonds. The van der Waals surface area contributed by atoms with Crippen LogP contribution in [-0.2, 0) is 0 Å². The zero-order chi connectivity index (χ0) is 12.5. The maximum Gasteiger partial charge on any atom is 0.245 e. The Morgan fingerprint density at radius 2 is 1.94 bits per heavy atom. The van der Waals surface area contributed by atoms with E-state index in [0.717, 1.165) is 30.5 Å².